The van der Waals surface area contributed by atoms with Crippen molar-refractivity contribution in [3.8, 4) is 11.5 Å². The van der Waals surface area contributed by atoms with E-state index in [0.717, 1.165) is 0 Å². The molecule has 0 aliphatic carbocycles. The van der Waals surface area contributed by atoms with E-state index < -0.39 is 0 Å². The summed E-state index contributed by atoms with van der Waals surface area (Å²) in [5.41, 5.74) is 0.498. The average Bonchev–Trinajstić information content (AvgIpc) is 2.42. The predicted molar refractivity (Wildman–Crippen MR) is 80.5 cm³/mol. The number of ether oxygens (including phenoxy) is 2. The summed E-state index contributed by atoms with van der Waals surface area (Å²) in [6.07, 6.45) is 0. The highest BCUT2D eigenvalue weighted by atomic mass is 16.5. The molecule has 0 aliphatic heterocycles. The summed E-state index contributed by atoms with van der Waals surface area (Å²) in [4.78, 5) is 12.5. The van der Waals surface area contributed by atoms with E-state index in [-0.39, 0.29) is 11.9 Å². The van der Waals surface area contributed by atoms with Gasteiger partial charge in [-0.05, 0) is 24.0 Å². The third kappa shape index (κ3) is 3.65. The van der Waals surface area contributed by atoms with Gasteiger partial charge in [0.2, 0.25) is 0 Å². The van der Waals surface area contributed by atoms with Crippen molar-refractivity contribution in [3.05, 3.63) is 23.8 Å². The minimum atomic E-state index is -0.131. The van der Waals surface area contributed by atoms with Gasteiger partial charge in [0.1, 0.15) is 0 Å². The van der Waals surface area contributed by atoms with Crippen LogP contribution in [0.4, 0.5) is 0 Å². The van der Waals surface area contributed by atoms with E-state index in [4.69, 9.17) is 9.47 Å². The molecule has 0 aliphatic rings. The van der Waals surface area contributed by atoms with Crippen molar-refractivity contribution in [1.82, 2.24) is 5.32 Å². The molecule has 0 aromatic heterocycles. The zero-order valence-electron chi connectivity index (χ0n) is 13.2. The fourth-order valence-corrected chi connectivity index (χ4v) is 2.40. The lowest BCUT2D eigenvalue weighted by molar-refractivity contribution is 0.0906. The monoisotopic (exact) mass is 279 g/mol. The second kappa shape index (κ2) is 7.17. The van der Waals surface area contributed by atoms with E-state index in [9.17, 15) is 4.79 Å². The van der Waals surface area contributed by atoms with Gasteiger partial charge in [-0.3, -0.25) is 4.79 Å². The van der Waals surface area contributed by atoms with Gasteiger partial charge in [0.05, 0.1) is 19.8 Å². The molecule has 1 aromatic carbocycles. The van der Waals surface area contributed by atoms with E-state index in [1.165, 1.54) is 7.11 Å². The number of carbonyl (C=O) groups is 1. The van der Waals surface area contributed by atoms with Crippen LogP contribution in [0.5, 0.6) is 11.5 Å². The van der Waals surface area contributed by atoms with Crippen LogP contribution in [0, 0.1) is 11.8 Å². The summed E-state index contributed by atoms with van der Waals surface area (Å²) in [5.74, 6) is 1.64. The van der Waals surface area contributed by atoms with Crippen LogP contribution in [0.1, 0.15) is 38.1 Å². The zero-order valence-corrected chi connectivity index (χ0v) is 13.2. The van der Waals surface area contributed by atoms with Crippen LogP contribution >= 0.6 is 0 Å². The number of benzene rings is 1. The van der Waals surface area contributed by atoms with Gasteiger partial charge in [-0.2, -0.15) is 0 Å². The molecule has 0 fully saturated rings. The molecule has 0 saturated heterocycles. The van der Waals surface area contributed by atoms with Gasteiger partial charge < -0.3 is 14.8 Å². The molecule has 0 unspecified atom stereocenters. The van der Waals surface area contributed by atoms with Crippen molar-refractivity contribution in [3.63, 3.8) is 0 Å². The van der Waals surface area contributed by atoms with Crippen molar-refractivity contribution >= 4 is 5.91 Å². The number of hydrogen-bond acceptors (Lipinski definition) is 3. The number of para-hydroxylation sites is 1. The highest BCUT2D eigenvalue weighted by molar-refractivity contribution is 5.98. The first kappa shape index (κ1) is 16.3. The fraction of sp³-hybridized carbons (Fsp3) is 0.562. The number of hydrogen-bond donors (Lipinski definition) is 1. The van der Waals surface area contributed by atoms with Crippen molar-refractivity contribution in [2.45, 2.75) is 33.7 Å². The topological polar surface area (TPSA) is 47.6 Å². The number of amides is 1. The Morgan fingerprint density at radius 3 is 2.10 bits per heavy atom. The van der Waals surface area contributed by atoms with Crippen LogP contribution in [0.15, 0.2) is 18.2 Å². The predicted octanol–water partition coefficient (Wildman–Crippen LogP) is 3.11. The molecule has 0 heterocycles. The molecule has 1 rings (SSSR count). The highest BCUT2D eigenvalue weighted by Gasteiger charge is 2.23. The van der Waals surface area contributed by atoms with E-state index in [0.29, 0.717) is 28.9 Å². The lowest BCUT2D eigenvalue weighted by atomic mass is 9.93. The first-order valence-corrected chi connectivity index (χ1v) is 6.94. The van der Waals surface area contributed by atoms with Crippen molar-refractivity contribution in [2.24, 2.45) is 11.8 Å². The van der Waals surface area contributed by atoms with E-state index in [1.807, 2.05) is 0 Å². The van der Waals surface area contributed by atoms with Crippen LogP contribution < -0.4 is 14.8 Å². The summed E-state index contributed by atoms with van der Waals surface area (Å²) in [6, 6.07) is 5.43. The van der Waals surface area contributed by atoms with Gasteiger partial charge in [-0.25, -0.2) is 0 Å². The van der Waals surface area contributed by atoms with Gasteiger partial charge in [-0.15, -0.1) is 0 Å². The van der Waals surface area contributed by atoms with Crippen molar-refractivity contribution in [2.75, 3.05) is 14.2 Å². The van der Waals surface area contributed by atoms with Crippen LogP contribution in [0.2, 0.25) is 0 Å². The zero-order chi connectivity index (χ0) is 15.3. The van der Waals surface area contributed by atoms with Gasteiger partial charge in [-0.1, -0.05) is 33.8 Å². The Kier molecular flexibility index (Phi) is 5.86. The SMILES string of the molecule is COc1cccc(C(=O)NC(C(C)C)C(C)C)c1OC. The molecule has 20 heavy (non-hydrogen) atoms. The summed E-state index contributed by atoms with van der Waals surface area (Å²) < 4.78 is 10.5. The lowest BCUT2D eigenvalue weighted by Gasteiger charge is -2.26. The molecule has 1 amide bonds. The number of nitrogens with one attached hydrogen (secondary N) is 1. The Morgan fingerprint density at radius 1 is 1.05 bits per heavy atom. The Balaban J connectivity index is 3.03. The molecule has 4 heteroatoms. The number of rotatable bonds is 6. The largest absolute Gasteiger partial charge is 0.493 e. The minimum Gasteiger partial charge on any atom is -0.493 e. The highest BCUT2D eigenvalue weighted by Crippen LogP contribution is 2.30. The molecule has 0 saturated carbocycles. The molecule has 1 aromatic rings. The molecular formula is C16H25NO3. The quantitative estimate of drug-likeness (QED) is 0.870. The van der Waals surface area contributed by atoms with Crippen LogP contribution in [0.3, 0.4) is 0 Å². The normalized spacial score (nSPS) is 11.1. The Bertz CT molecular complexity index is 447. The van der Waals surface area contributed by atoms with Crippen LogP contribution in [-0.2, 0) is 0 Å². The Morgan fingerprint density at radius 2 is 1.65 bits per heavy atom. The maximum absolute atomic E-state index is 12.5. The Hall–Kier alpha value is -1.71. The van der Waals surface area contributed by atoms with Crippen molar-refractivity contribution in [1.29, 1.82) is 0 Å². The molecule has 0 spiro atoms. The Labute approximate surface area is 121 Å². The summed E-state index contributed by atoms with van der Waals surface area (Å²) in [6.45, 7) is 8.42. The second-order valence-corrected chi connectivity index (χ2v) is 5.53. The molecule has 1 N–H and O–H groups in total. The third-order valence-corrected chi connectivity index (χ3v) is 3.38. The van der Waals surface area contributed by atoms with E-state index >= 15 is 0 Å². The van der Waals surface area contributed by atoms with Gasteiger partial charge >= 0.3 is 0 Å². The molecule has 0 radical (unpaired) electrons. The summed E-state index contributed by atoms with van der Waals surface area (Å²) in [5, 5.41) is 3.08. The van der Waals surface area contributed by atoms with Gasteiger partial charge in [0.15, 0.2) is 11.5 Å². The van der Waals surface area contributed by atoms with Crippen LogP contribution in [0.25, 0.3) is 0 Å². The molecule has 0 atom stereocenters. The maximum atomic E-state index is 12.5. The standard InChI is InChI=1S/C16H25NO3/c1-10(2)14(11(3)4)17-16(18)12-8-7-9-13(19-5)15(12)20-6/h7-11,14H,1-6H3,(H,17,18). The molecule has 0 bridgehead atoms. The van der Waals surface area contributed by atoms with Crippen LogP contribution in [-0.4, -0.2) is 26.2 Å². The molecule has 4 nitrogen and oxygen atoms in total. The second-order valence-electron chi connectivity index (χ2n) is 5.53. The molecular weight excluding hydrogens is 254 g/mol. The average molecular weight is 279 g/mol. The summed E-state index contributed by atoms with van der Waals surface area (Å²) >= 11 is 0. The lowest BCUT2D eigenvalue weighted by Crippen LogP contribution is -2.42. The van der Waals surface area contributed by atoms with Gasteiger partial charge in [0, 0.05) is 6.04 Å². The first-order valence-electron chi connectivity index (χ1n) is 6.94. The maximum Gasteiger partial charge on any atom is 0.255 e. The molecule has 112 valence electrons. The smallest absolute Gasteiger partial charge is 0.255 e. The minimum absolute atomic E-state index is 0.124. The number of methoxy groups -OCH3 is 2. The van der Waals surface area contributed by atoms with E-state index in [1.54, 1.807) is 25.3 Å². The third-order valence-electron chi connectivity index (χ3n) is 3.38. The summed E-state index contributed by atoms with van der Waals surface area (Å²) in [7, 11) is 3.10. The number of carbonyl (C=O) groups excluding carboxylic acids is 1. The van der Waals surface area contributed by atoms with Crippen molar-refractivity contribution < 1.29 is 14.3 Å². The fourth-order valence-electron chi connectivity index (χ4n) is 2.40. The van der Waals surface area contributed by atoms with Gasteiger partial charge in [0.25, 0.3) is 5.91 Å². The van der Waals surface area contributed by atoms with E-state index in [2.05, 4.69) is 33.0 Å². The first-order chi connectivity index (χ1) is 9.42.